The van der Waals surface area contributed by atoms with Crippen LogP contribution in [0.25, 0.3) is 0 Å². The molecule has 3 rings (SSSR count). The number of rotatable bonds is 2. The molecule has 1 heterocycles. The second-order valence-corrected chi connectivity index (χ2v) is 5.97. The highest BCUT2D eigenvalue weighted by Crippen LogP contribution is 2.39. The summed E-state index contributed by atoms with van der Waals surface area (Å²) in [7, 11) is 0. The van der Waals surface area contributed by atoms with Crippen LogP contribution in [0.4, 0.5) is 5.69 Å². The van der Waals surface area contributed by atoms with E-state index in [2.05, 4.69) is 9.98 Å². The zero-order valence-corrected chi connectivity index (χ0v) is 13.1. The van der Waals surface area contributed by atoms with Gasteiger partial charge in [0.05, 0.1) is 11.1 Å². The Morgan fingerprint density at radius 3 is 2.62 bits per heavy atom. The zero-order chi connectivity index (χ0) is 17.3. The molecule has 1 aliphatic heterocycles. The van der Waals surface area contributed by atoms with Crippen LogP contribution in [0.1, 0.15) is 48.0 Å². The average Bonchev–Trinajstić information content (AvgIpc) is 2.54. The predicted octanol–water partition coefficient (Wildman–Crippen LogP) is 1.37. The number of nitrogens with zero attached hydrogens (tertiary/aromatic N) is 4. The van der Waals surface area contributed by atoms with Crippen molar-refractivity contribution in [1.29, 1.82) is 5.26 Å². The van der Waals surface area contributed by atoms with Gasteiger partial charge in [0.25, 0.3) is 0 Å². The lowest BCUT2D eigenvalue weighted by Crippen LogP contribution is -2.58. The molecule has 0 radical (unpaired) electrons. The van der Waals surface area contributed by atoms with Gasteiger partial charge in [-0.1, -0.05) is 6.42 Å². The predicted molar refractivity (Wildman–Crippen MR) is 89.7 cm³/mol. The third-order valence-corrected chi connectivity index (χ3v) is 4.46. The molecule has 1 aromatic carbocycles. The normalized spacial score (nSPS) is 19.4. The van der Waals surface area contributed by atoms with Gasteiger partial charge < -0.3 is 16.6 Å². The molecule has 1 fully saturated rings. The number of carboxylic acid groups (broad SMARTS) is 1. The molecule has 1 aromatic rings. The van der Waals surface area contributed by atoms with Gasteiger partial charge in [-0.05, 0) is 43.9 Å². The summed E-state index contributed by atoms with van der Waals surface area (Å²) in [5.74, 6) is -0.794. The summed E-state index contributed by atoms with van der Waals surface area (Å²) in [6.07, 6.45) is 4.63. The molecule has 0 saturated heterocycles. The van der Waals surface area contributed by atoms with E-state index in [1.165, 1.54) is 12.1 Å². The number of hydrogen-bond acceptors (Lipinski definition) is 7. The average molecular weight is 326 g/mol. The SMILES string of the molecule is N#Cc1cc(N2C(N)=NC(N)=NC23CCCCC3)ccc1C(=O)O. The van der Waals surface area contributed by atoms with Crippen molar-refractivity contribution in [2.75, 3.05) is 4.90 Å². The van der Waals surface area contributed by atoms with Crippen LogP contribution >= 0.6 is 0 Å². The Morgan fingerprint density at radius 1 is 1.29 bits per heavy atom. The Kier molecular flexibility index (Phi) is 3.85. The quantitative estimate of drug-likeness (QED) is 0.749. The summed E-state index contributed by atoms with van der Waals surface area (Å²) in [6.45, 7) is 0. The van der Waals surface area contributed by atoms with Gasteiger partial charge in [-0.2, -0.15) is 10.3 Å². The number of nitrogens with two attached hydrogens (primary N) is 2. The number of carboxylic acids is 1. The highest BCUT2D eigenvalue weighted by Gasteiger charge is 2.42. The maximum absolute atomic E-state index is 11.2. The molecule has 1 saturated carbocycles. The van der Waals surface area contributed by atoms with Crippen LogP contribution in [-0.2, 0) is 0 Å². The van der Waals surface area contributed by atoms with Gasteiger partial charge in [0, 0.05) is 5.69 Å². The van der Waals surface area contributed by atoms with Crippen LogP contribution in [0.15, 0.2) is 28.2 Å². The largest absolute Gasteiger partial charge is 0.478 e. The summed E-state index contributed by atoms with van der Waals surface area (Å²) in [5, 5.41) is 18.4. The second-order valence-electron chi connectivity index (χ2n) is 5.97. The Bertz CT molecular complexity index is 786. The van der Waals surface area contributed by atoms with Crippen LogP contribution in [0.2, 0.25) is 0 Å². The summed E-state index contributed by atoms with van der Waals surface area (Å²) >= 11 is 0. The van der Waals surface area contributed by atoms with Crippen molar-refractivity contribution in [3.8, 4) is 6.07 Å². The van der Waals surface area contributed by atoms with Gasteiger partial charge >= 0.3 is 5.97 Å². The molecule has 1 aliphatic carbocycles. The van der Waals surface area contributed by atoms with Gasteiger partial charge in [0.15, 0.2) is 0 Å². The number of guanidine groups is 2. The first-order valence-electron chi connectivity index (χ1n) is 7.74. The van der Waals surface area contributed by atoms with Crippen LogP contribution in [-0.4, -0.2) is 28.7 Å². The van der Waals surface area contributed by atoms with Crippen molar-refractivity contribution in [1.82, 2.24) is 0 Å². The van der Waals surface area contributed by atoms with Gasteiger partial charge in [-0.25, -0.2) is 9.79 Å². The van der Waals surface area contributed by atoms with E-state index in [0.717, 1.165) is 32.1 Å². The first-order valence-corrected chi connectivity index (χ1v) is 7.74. The van der Waals surface area contributed by atoms with E-state index >= 15 is 0 Å². The number of aromatic carboxylic acids is 1. The number of nitriles is 1. The van der Waals surface area contributed by atoms with E-state index in [-0.39, 0.29) is 23.0 Å². The minimum Gasteiger partial charge on any atom is -0.478 e. The van der Waals surface area contributed by atoms with Crippen molar-refractivity contribution < 1.29 is 9.90 Å². The van der Waals surface area contributed by atoms with Crippen molar-refractivity contribution in [3.05, 3.63) is 29.3 Å². The summed E-state index contributed by atoms with van der Waals surface area (Å²) < 4.78 is 0. The third-order valence-electron chi connectivity index (χ3n) is 4.46. The Labute approximate surface area is 139 Å². The van der Waals surface area contributed by atoms with Crippen molar-refractivity contribution >= 4 is 23.6 Å². The molecular weight excluding hydrogens is 308 g/mol. The molecule has 8 nitrogen and oxygen atoms in total. The smallest absolute Gasteiger partial charge is 0.337 e. The summed E-state index contributed by atoms with van der Waals surface area (Å²) in [4.78, 5) is 21.6. The minimum absolute atomic E-state index is 0.0468. The van der Waals surface area contributed by atoms with E-state index in [1.807, 2.05) is 6.07 Å². The fourth-order valence-electron chi connectivity index (χ4n) is 3.45. The molecule has 2 aliphatic rings. The number of aliphatic imine (C=N–C) groups is 2. The lowest BCUT2D eigenvalue weighted by Gasteiger charge is -2.45. The van der Waals surface area contributed by atoms with Crippen LogP contribution in [0.5, 0.6) is 0 Å². The van der Waals surface area contributed by atoms with E-state index < -0.39 is 11.6 Å². The van der Waals surface area contributed by atoms with E-state index in [4.69, 9.17) is 11.5 Å². The lowest BCUT2D eigenvalue weighted by molar-refractivity contribution is 0.0696. The number of anilines is 1. The van der Waals surface area contributed by atoms with Crippen LogP contribution < -0.4 is 16.4 Å². The maximum Gasteiger partial charge on any atom is 0.337 e. The number of carbonyl (C=O) groups is 1. The van der Waals surface area contributed by atoms with Crippen LogP contribution in [0, 0.1) is 11.3 Å². The highest BCUT2D eigenvalue weighted by molar-refractivity contribution is 6.06. The molecule has 0 bridgehead atoms. The van der Waals surface area contributed by atoms with E-state index in [0.29, 0.717) is 5.69 Å². The van der Waals surface area contributed by atoms with Gasteiger partial charge in [0.1, 0.15) is 11.7 Å². The maximum atomic E-state index is 11.2. The molecule has 5 N–H and O–H groups in total. The Morgan fingerprint density at radius 2 is 2.00 bits per heavy atom. The summed E-state index contributed by atoms with van der Waals surface area (Å²) in [5.41, 5.74) is 11.9. The van der Waals surface area contributed by atoms with E-state index in [9.17, 15) is 15.2 Å². The molecule has 1 spiro atoms. The standard InChI is InChI=1S/C16H18N6O2/c17-9-10-8-11(4-5-12(10)13(23)24)22-15(19)20-14(18)21-16(22)6-2-1-3-7-16/h4-5,8H,1-3,6-7H2,(H,23,24)(H4,18,19,20,21). The monoisotopic (exact) mass is 326 g/mol. The van der Waals surface area contributed by atoms with Crippen molar-refractivity contribution in [2.45, 2.75) is 37.8 Å². The molecular formula is C16H18N6O2. The van der Waals surface area contributed by atoms with Gasteiger partial charge in [-0.15, -0.1) is 0 Å². The molecule has 0 atom stereocenters. The first-order chi connectivity index (χ1) is 11.5. The zero-order valence-electron chi connectivity index (χ0n) is 13.1. The third kappa shape index (κ3) is 2.54. The molecule has 8 heteroatoms. The number of hydrogen-bond donors (Lipinski definition) is 3. The molecule has 0 unspecified atom stereocenters. The van der Waals surface area contributed by atoms with Gasteiger partial charge in [0.2, 0.25) is 11.9 Å². The topological polar surface area (TPSA) is 141 Å². The van der Waals surface area contributed by atoms with Crippen molar-refractivity contribution in [3.63, 3.8) is 0 Å². The molecule has 24 heavy (non-hydrogen) atoms. The Balaban J connectivity index is 2.11. The first kappa shape index (κ1) is 15.8. The van der Waals surface area contributed by atoms with Crippen molar-refractivity contribution in [2.24, 2.45) is 21.5 Å². The fraction of sp³-hybridized carbons (Fsp3) is 0.375. The minimum atomic E-state index is -1.15. The molecule has 124 valence electrons. The second kappa shape index (κ2) is 5.85. The summed E-state index contributed by atoms with van der Waals surface area (Å²) in [6, 6.07) is 6.47. The number of benzene rings is 1. The molecule has 0 amide bonds. The highest BCUT2D eigenvalue weighted by atomic mass is 16.4. The molecule has 0 aromatic heterocycles. The lowest BCUT2D eigenvalue weighted by atomic mass is 9.87. The van der Waals surface area contributed by atoms with Crippen LogP contribution in [0.3, 0.4) is 0 Å². The fourth-order valence-corrected chi connectivity index (χ4v) is 3.45. The Hall–Kier alpha value is -3.08. The van der Waals surface area contributed by atoms with Gasteiger partial charge in [-0.3, -0.25) is 4.90 Å². The van der Waals surface area contributed by atoms with E-state index in [1.54, 1.807) is 11.0 Å².